The smallest absolute Gasteiger partial charge is 0.109 e. The molecule has 0 spiro atoms. The van der Waals surface area contributed by atoms with Gasteiger partial charge >= 0.3 is 0 Å². The molecule has 0 unspecified atom stereocenters. The second-order valence-corrected chi connectivity index (χ2v) is 5.64. The standard InChI is InChI=1S/C10H11BrN2S/c1-13(10(7-12)2-3-10)5-9-4-8(11)6-14-9/h4,6H,2-3,5H2,1H3. The van der Waals surface area contributed by atoms with Crippen LogP contribution >= 0.6 is 27.3 Å². The fraction of sp³-hybridized carbons (Fsp3) is 0.500. The van der Waals surface area contributed by atoms with Crippen molar-refractivity contribution in [1.29, 1.82) is 5.26 Å². The molecule has 0 atom stereocenters. The predicted molar refractivity (Wildman–Crippen MR) is 61.1 cm³/mol. The molecule has 74 valence electrons. The molecule has 1 aromatic rings. The molecule has 0 bridgehead atoms. The van der Waals surface area contributed by atoms with Crippen LogP contribution in [0.3, 0.4) is 0 Å². The van der Waals surface area contributed by atoms with Gasteiger partial charge in [-0.1, -0.05) is 0 Å². The van der Waals surface area contributed by atoms with Crippen LogP contribution in [0.1, 0.15) is 17.7 Å². The maximum Gasteiger partial charge on any atom is 0.109 e. The minimum absolute atomic E-state index is 0.156. The van der Waals surface area contributed by atoms with Crippen molar-refractivity contribution in [3.05, 3.63) is 20.8 Å². The number of hydrogen-bond donors (Lipinski definition) is 0. The van der Waals surface area contributed by atoms with E-state index in [1.54, 1.807) is 11.3 Å². The molecule has 1 heterocycles. The Balaban J connectivity index is 2.02. The fourth-order valence-corrected chi connectivity index (χ4v) is 3.02. The number of nitrogens with zero attached hydrogens (tertiary/aromatic N) is 2. The summed E-state index contributed by atoms with van der Waals surface area (Å²) in [5.74, 6) is 0. The largest absolute Gasteiger partial charge is 0.283 e. The van der Waals surface area contributed by atoms with E-state index in [-0.39, 0.29) is 5.54 Å². The highest BCUT2D eigenvalue weighted by Gasteiger charge is 2.46. The zero-order valence-corrected chi connectivity index (χ0v) is 10.4. The van der Waals surface area contributed by atoms with Crippen LogP contribution in [0.5, 0.6) is 0 Å². The molecule has 14 heavy (non-hydrogen) atoms. The fourth-order valence-electron chi connectivity index (χ4n) is 1.52. The van der Waals surface area contributed by atoms with Gasteiger partial charge in [-0.2, -0.15) is 5.26 Å². The first-order valence-electron chi connectivity index (χ1n) is 4.52. The van der Waals surface area contributed by atoms with Crippen LogP contribution in [0, 0.1) is 11.3 Å². The molecular weight excluding hydrogens is 260 g/mol. The lowest BCUT2D eigenvalue weighted by molar-refractivity contribution is 0.264. The zero-order valence-electron chi connectivity index (χ0n) is 7.96. The SMILES string of the molecule is CN(Cc1cc(Br)cs1)C1(C#N)CC1. The van der Waals surface area contributed by atoms with Crippen molar-refractivity contribution in [2.24, 2.45) is 0 Å². The molecule has 0 aliphatic heterocycles. The predicted octanol–water partition coefficient (Wildman–Crippen LogP) is 3.00. The zero-order chi connectivity index (χ0) is 10.2. The number of rotatable bonds is 3. The minimum Gasteiger partial charge on any atom is -0.283 e. The first-order valence-corrected chi connectivity index (χ1v) is 6.19. The second kappa shape index (κ2) is 3.65. The molecule has 0 aromatic carbocycles. The molecule has 0 N–H and O–H groups in total. The maximum atomic E-state index is 9.01. The van der Waals surface area contributed by atoms with Crippen molar-refractivity contribution in [2.75, 3.05) is 7.05 Å². The number of nitriles is 1. The molecular formula is C10H11BrN2S. The van der Waals surface area contributed by atoms with Gasteiger partial charge in [0, 0.05) is 21.3 Å². The van der Waals surface area contributed by atoms with E-state index >= 15 is 0 Å². The van der Waals surface area contributed by atoms with Gasteiger partial charge in [0.25, 0.3) is 0 Å². The number of hydrogen-bond acceptors (Lipinski definition) is 3. The van der Waals surface area contributed by atoms with Gasteiger partial charge in [0.05, 0.1) is 6.07 Å². The summed E-state index contributed by atoms with van der Waals surface area (Å²) in [5.41, 5.74) is -0.156. The Bertz CT molecular complexity index is 376. The van der Waals surface area contributed by atoms with Crippen LogP contribution < -0.4 is 0 Å². The highest BCUT2D eigenvalue weighted by atomic mass is 79.9. The molecule has 1 aliphatic rings. The van der Waals surface area contributed by atoms with Gasteiger partial charge in [-0.05, 0) is 41.9 Å². The van der Waals surface area contributed by atoms with Crippen LogP contribution in [0.4, 0.5) is 0 Å². The van der Waals surface area contributed by atoms with Crippen molar-refractivity contribution in [2.45, 2.75) is 24.9 Å². The van der Waals surface area contributed by atoms with Gasteiger partial charge < -0.3 is 0 Å². The summed E-state index contributed by atoms with van der Waals surface area (Å²) < 4.78 is 1.13. The summed E-state index contributed by atoms with van der Waals surface area (Å²) in [7, 11) is 2.03. The Hall–Kier alpha value is -0.370. The molecule has 2 nitrogen and oxygen atoms in total. The van der Waals surface area contributed by atoms with Gasteiger partial charge in [-0.15, -0.1) is 11.3 Å². The van der Waals surface area contributed by atoms with E-state index in [1.807, 2.05) is 7.05 Å². The lowest BCUT2D eigenvalue weighted by Crippen LogP contribution is -2.31. The Kier molecular flexibility index (Phi) is 2.65. The molecule has 1 fully saturated rings. The molecule has 0 amide bonds. The lowest BCUT2D eigenvalue weighted by Gasteiger charge is -2.20. The third kappa shape index (κ3) is 1.85. The molecule has 0 saturated heterocycles. The third-order valence-electron chi connectivity index (χ3n) is 2.68. The summed E-state index contributed by atoms with van der Waals surface area (Å²) in [4.78, 5) is 3.46. The van der Waals surface area contributed by atoms with E-state index in [0.717, 1.165) is 23.9 Å². The molecule has 1 saturated carbocycles. The topological polar surface area (TPSA) is 27.0 Å². The number of thiophene rings is 1. The summed E-state index contributed by atoms with van der Waals surface area (Å²) in [6, 6.07) is 4.52. The van der Waals surface area contributed by atoms with Crippen molar-refractivity contribution in [3.63, 3.8) is 0 Å². The normalized spacial score (nSPS) is 18.1. The van der Waals surface area contributed by atoms with Gasteiger partial charge in [0.1, 0.15) is 5.54 Å². The Morgan fingerprint density at radius 3 is 2.86 bits per heavy atom. The monoisotopic (exact) mass is 270 g/mol. The van der Waals surface area contributed by atoms with Crippen LogP contribution in [0.15, 0.2) is 15.9 Å². The van der Waals surface area contributed by atoms with E-state index in [4.69, 9.17) is 5.26 Å². The van der Waals surface area contributed by atoms with Gasteiger partial charge in [0.2, 0.25) is 0 Å². The average molecular weight is 271 g/mol. The van der Waals surface area contributed by atoms with Crippen molar-refractivity contribution in [1.82, 2.24) is 4.90 Å². The first-order chi connectivity index (χ1) is 6.66. The summed E-state index contributed by atoms with van der Waals surface area (Å²) in [6.45, 7) is 0.879. The second-order valence-electron chi connectivity index (χ2n) is 3.73. The van der Waals surface area contributed by atoms with E-state index in [9.17, 15) is 0 Å². The van der Waals surface area contributed by atoms with Crippen molar-refractivity contribution >= 4 is 27.3 Å². The molecule has 2 rings (SSSR count). The maximum absolute atomic E-state index is 9.01. The molecule has 0 radical (unpaired) electrons. The highest BCUT2D eigenvalue weighted by molar-refractivity contribution is 9.10. The van der Waals surface area contributed by atoms with E-state index in [2.05, 4.69) is 38.3 Å². The van der Waals surface area contributed by atoms with Crippen LogP contribution in [-0.2, 0) is 6.54 Å². The third-order valence-corrected chi connectivity index (χ3v) is 4.36. The Morgan fingerprint density at radius 2 is 2.43 bits per heavy atom. The quantitative estimate of drug-likeness (QED) is 0.845. The van der Waals surface area contributed by atoms with Gasteiger partial charge in [0.15, 0.2) is 0 Å². The number of halogens is 1. The summed E-state index contributed by atoms with van der Waals surface area (Å²) in [6.07, 6.45) is 2.04. The summed E-state index contributed by atoms with van der Waals surface area (Å²) in [5, 5.41) is 11.1. The van der Waals surface area contributed by atoms with Gasteiger partial charge in [-0.25, -0.2) is 0 Å². The minimum atomic E-state index is -0.156. The van der Waals surface area contributed by atoms with Crippen LogP contribution in [0.25, 0.3) is 0 Å². The van der Waals surface area contributed by atoms with E-state index in [1.165, 1.54) is 4.88 Å². The van der Waals surface area contributed by atoms with E-state index < -0.39 is 0 Å². The van der Waals surface area contributed by atoms with Crippen molar-refractivity contribution < 1.29 is 0 Å². The molecule has 1 aliphatic carbocycles. The van der Waals surface area contributed by atoms with E-state index in [0.29, 0.717) is 0 Å². The first kappa shape index (κ1) is 10.2. The molecule has 1 aromatic heterocycles. The average Bonchev–Trinajstić information content (AvgIpc) is 2.87. The summed E-state index contributed by atoms with van der Waals surface area (Å²) >= 11 is 5.17. The Morgan fingerprint density at radius 1 is 1.71 bits per heavy atom. The highest BCUT2D eigenvalue weighted by Crippen LogP contribution is 2.41. The lowest BCUT2D eigenvalue weighted by atomic mass is 10.2. The Labute approximate surface area is 96.3 Å². The molecule has 4 heteroatoms. The van der Waals surface area contributed by atoms with Crippen LogP contribution in [-0.4, -0.2) is 17.5 Å². The van der Waals surface area contributed by atoms with Crippen LogP contribution in [0.2, 0.25) is 0 Å². The van der Waals surface area contributed by atoms with Gasteiger partial charge in [-0.3, -0.25) is 4.90 Å². The van der Waals surface area contributed by atoms with Crippen molar-refractivity contribution in [3.8, 4) is 6.07 Å².